The molecule has 1 heterocycles. The van der Waals surface area contributed by atoms with E-state index in [1.165, 1.54) is 22.5 Å². The van der Waals surface area contributed by atoms with Crippen LogP contribution in [0.15, 0.2) is 23.1 Å². The normalized spacial score (nSPS) is 16.8. The second-order valence-electron chi connectivity index (χ2n) is 6.92. The van der Waals surface area contributed by atoms with Crippen molar-refractivity contribution in [1.82, 2.24) is 9.62 Å². The van der Waals surface area contributed by atoms with E-state index in [0.29, 0.717) is 13.1 Å². The maximum Gasteiger partial charge on any atom is 0.338 e. The predicted molar refractivity (Wildman–Crippen MR) is 107 cm³/mol. The van der Waals surface area contributed by atoms with Crippen LogP contribution in [0.1, 0.15) is 56.3 Å². The lowest BCUT2D eigenvalue weighted by Crippen LogP contribution is -2.35. The van der Waals surface area contributed by atoms with Crippen LogP contribution in [-0.4, -0.2) is 50.3 Å². The molecular formula is C19H27ClN2O5S. The summed E-state index contributed by atoms with van der Waals surface area (Å²) in [5.41, 5.74) is 0.0362. The number of hydrogen-bond donors (Lipinski definition) is 1. The molecule has 0 unspecified atom stereocenters. The molecule has 1 aliphatic rings. The molecule has 0 saturated carbocycles. The van der Waals surface area contributed by atoms with Gasteiger partial charge >= 0.3 is 5.97 Å². The van der Waals surface area contributed by atoms with Crippen LogP contribution in [0.5, 0.6) is 0 Å². The van der Waals surface area contributed by atoms with E-state index in [9.17, 15) is 18.0 Å². The number of hydrogen-bond acceptors (Lipinski definition) is 5. The molecule has 9 heteroatoms. The molecule has 0 radical (unpaired) electrons. The molecule has 2 rings (SSSR count). The van der Waals surface area contributed by atoms with E-state index < -0.39 is 28.5 Å². The van der Waals surface area contributed by atoms with Crippen molar-refractivity contribution in [1.29, 1.82) is 0 Å². The first kappa shape index (κ1) is 22.6. The van der Waals surface area contributed by atoms with Crippen LogP contribution in [-0.2, 0) is 19.6 Å². The minimum atomic E-state index is -3.81. The zero-order chi connectivity index (χ0) is 20.7. The Labute approximate surface area is 171 Å². The van der Waals surface area contributed by atoms with Crippen LogP contribution in [0.25, 0.3) is 0 Å². The summed E-state index contributed by atoms with van der Waals surface area (Å²) in [6, 6.07) is 3.95. The van der Waals surface area contributed by atoms with Crippen LogP contribution in [0.2, 0.25) is 5.02 Å². The van der Waals surface area contributed by atoms with E-state index in [-0.39, 0.29) is 21.5 Å². The summed E-state index contributed by atoms with van der Waals surface area (Å²) in [5, 5.41) is 2.74. The van der Waals surface area contributed by atoms with Gasteiger partial charge in [-0.15, -0.1) is 0 Å². The third-order valence-corrected chi connectivity index (χ3v) is 7.08. The quantitative estimate of drug-likeness (QED) is 0.671. The van der Waals surface area contributed by atoms with Gasteiger partial charge in [-0.1, -0.05) is 31.4 Å². The van der Waals surface area contributed by atoms with Crippen LogP contribution < -0.4 is 5.32 Å². The molecule has 1 saturated heterocycles. The van der Waals surface area contributed by atoms with Crippen molar-refractivity contribution in [3.63, 3.8) is 0 Å². The van der Waals surface area contributed by atoms with Gasteiger partial charge in [-0.05, 0) is 44.4 Å². The molecule has 0 spiro atoms. The molecule has 7 nitrogen and oxygen atoms in total. The minimum Gasteiger partial charge on any atom is -0.452 e. The lowest BCUT2D eigenvalue weighted by Gasteiger charge is -2.21. The standard InChI is InChI=1S/C19H27ClN2O5S/c1-3-14(2)21-18(23)13-27-19(24)15-8-9-16(20)17(12-15)28(25,26)22-10-6-4-5-7-11-22/h8-9,12,14H,3-7,10-11,13H2,1-2H3,(H,21,23)/t14-/m1/s1. The van der Waals surface area contributed by atoms with Gasteiger partial charge in [0.05, 0.1) is 10.6 Å². The van der Waals surface area contributed by atoms with Crippen molar-refractivity contribution in [3.05, 3.63) is 28.8 Å². The van der Waals surface area contributed by atoms with Gasteiger partial charge in [0.15, 0.2) is 6.61 Å². The number of rotatable bonds is 7. The van der Waals surface area contributed by atoms with Crippen LogP contribution in [0, 0.1) is 0 Å². The number of nitrogens with one attached hydrogen (secondary N) is 1. The summed E-state index contributed by atoms with van der Waals surface area (Å²) in [6.45, 7) is 4.21. The number of sulfonamides is 1. The smallest absolute Gasteiger partial charge is 0.338 e. The first-order valence-electron chi connectivity index (χ1n) is 9.52. The van der Waals surface area contributed by atoms with Crippen molar-refractivity contribution in [2.75, 3.05) is 19.7 Å². The topological polar surface area (TPSA) is 92.8 Å². The minimum absolute atomic E-state index is 0.0212. The van der Waals surface area contributed by atoms with Gasteiger partial charge in [0.2, 0.25) is 10.0 Å². The second-order valence-corrected chi connectivity index (χ2v) is 9.23. The number of carbonyl (C=O) groups excluding carboxylic acids is 2. The summed E-state index contributed by atoms with van der Waals surface area (Å²) in [5.74, 6) is -1.18. The number of carbonyl (C=O) groups is 2. The average molecular weight is 431 g/mol. The lowest BCUT2D eigenvalue weighted by atomic mass is 10.2. The SMILES string of the molecule is CC[C@@H](C)NC(=O)COC(=O)c1ccc(Cl)c(S(=O)(=O)N2CCCCCC2)c1. The summed E-state index contributed by atoms with van der Waals surface area (Å²) in [4.78, 5) is 23.9. The van der Waals surface area contributed by atoms with Gasteiger partial charge in [0.25, 0.3) is 5.91 Å². The highest BCUT2D eigenvalue weighted by Gasteiger charge is 2.28. The average Bonchev–Trinajstić information content (AvgIpc) is 2.96. The molecule has 28 heavy (non-hydrogen) atoms. The molecule has 1 aromatic rings. The Kier molecular flexibility index (Phi) is 8.27. The molecule has 156 valence electrons. The first-order valence-corrected chi connectivity index (χ1v) is 11.3. The molecule has 0 bridgehead atoms. The van der Waals surface area contributed by atoms with Crippen LogP contribution >= 0.6 is 11.6 Å². The van der Waals surface area contributed by atoms with E-state index >= 15 is 0 Å². The number of ether oxygens (including phenoxy) is 1. The monoisotopic (exact) mass is 430 g/mol. The fourth-order valence-corrected chi connectivity index (χ4v) is 4.90. The lowest BCUT2D eigenvalue weighted by molar-refractivity contribution is -0.124. The third-order valence-electron chi connectivity index (χ3n) is 4.70. The van der Waals surface area contributed by atoms with Gasteiger partial charge in [0, 0.05) is 19.1 Å². The highest BCUT2D eigenvalue weighted by atomic mass is 35.5. The molecule has 0 aliphatic carbocycles. The molecule has 1 aliphatic heterocycles. The van der Waals surface area contributed by atoms with Gasteiger partial charge in [-0.25, -0.2) is 13.2 Å². The Balaban J connectivity index is 2.13. The number of amides is 1. The van der Waals surface area contributed by atoms with E-state index in [2.05, 4.69) is 5.32 Å². The number of nitrogens with zero attached hydrogens (tertiary/aromatic N) is 1. The van der Waals surface area contributed by atoms with Crippen LogP contribution in [0.4, 0.5) is 0 Å². The molecule has 0 aromatic heterocycles. The summed E-state index contributed by atoms with van der Waals surface area (Å²) >= 11 is 6.12. The summed E-state index contributed by atoms with van der Waals surface area (Å²) < 4.78 is 32.4. The van der Waals surface area contributed by atoms with Gasteiger partial charge in [-0.2, -0.15) is 4.31 Å². The maximum atomic E-state index is 13.0. The highest BCUT2D eigenvalue weighted by Crippen LogP contribution is 2.28. The Morgan fingerprint density at radius 2 is 1.86 bits per heavy atom. The van der Waals surface area contributed by atoms with E-state index in [1.807, 2.05) is 13.8 Å². The van der Waals surface area contributed by atoms with Crippen molar-refractivity contribution in [3.8, 4) is 0 Å². The molecule has 1 atom stereocenters. The van der Waals surface area contributed by atoms with Crippen molar-refractivity contribution >= 4 is 33.5 Å². The largest absolute Gasteiger partial charge is 0.452 e. The summed E-state index contributed by atoms with van der Waals surface area (Å²) in [6.07, 6.45) is 4.33. The molecule has 1 aromatic carbocycles. The maximum absolute atomic E-state index is 13.0. The zero-order valence-corrected chi connectivity index (χ0v) is 17.8. The molecule has 1 N–H and O–H groups in total. The first-order chi connectivity index (χ1) is 13.3. The number of esters is 1. The number of halogens is 1. The molecule has 1 fully saturated rings. The number of benzene rings is 1. The van der Waals surface area contributed by atoms with Crippen molar-refractivity contribution in [2.45, 2.75) is 56.9 Å². The van der Waals surface area contributed by atoms with Gasteiger partial charge in [-0.3, -0.25) is 4.79 Å². The summed E-state index contributed by atoms with van der Waals surface area (Å²) in [7, 11) is -3.81. The van der Waals surface area contributed by atoms with Gasteiger partial charge < -0.3 is 10.1 Å². The highest BCUT2D eigenvalue weighted by molar-refractivity contribution is 7.89. The van der Waals surface area contributed by atoms with E-state index in [4.69, 9.17) is 16.3 Å². The van der Waals surface area contributed by atoms with Gasteiger partial charge in [0.1, 0.15) is 4.90 Å². The van der Waals surface area contributed by atoms with Crippen molar-refractivity contribution < 1.29 is 22.7 Å². The predicted octanol–water partition coefficient (Wildman–Crippen LogP) is 2.98. The Hall–Kier alpha value is -1.64. The molecular weight excluding hydrogens is 404 g/mol. The second kappa shape index (κ2) is 10.2. The van der Waals surface area contributed by atoms with E-state index in [1.54, 1.807) is 0 Å². The third kappa shape index (κ3) is 5.93. The zero-order valence-electron chi connectivity index (χ0n) is 16.2. The van der Waals surface area contributed by atoms with Crippen LogP contribution in [0.3, 0.4) is 0 Å². The Bertz CT molecular complexity index is 805. The van der Waals surface area contributed by atoms with E-state index in [0.717, 1.165) is 32.1 Å². The molecule has 1 amide bonds. The Morgan fingerprint density at radius 1 is 1.21 bits per heavy atom. The Morgan fingerprint density at radius 3 is 2.46 bits per heavy atom. The fourth-order valence-electron chi connectivity index (χ4n) is 2.88. The van der Waals surface area contributed by atoms with Crippen molar-refractivity contribution in [2.24, 2.45) is 0 Å². The fraction of sp³-hybridized carbons (Fsp3) is 0.579.